The van der Waals surface area contributed by atoms with Crippen LogP contribution >= 0.6 is 0 Å². The lowest BCUT2D eigenvalue weighted by Crippen LogP contribution is -2.57. The molecule has 6 heteroatoms. The van der Waals surface area contributed by atoms with Crippen LogP contribution in [0.3, 0.4) is 0 Å². The van der Waals surface area contributed by atoms with E-state index in [9.17, 15) is 13.2 Å². The number of nitrogens with zero attached hydrogens (tertiary/aromatic N) is 2. The highest BCUT2D eigenvalue weighted by Crippen LogP contribution is 2.21. The van der Waals surface area contributed by atoms with E-state index >= 15 is 0 Å². The van der Waals surface area contributed by atoms with E-state index in [0.29, 0.717) is 11.1 Å². The fourth-order valence-electron chi connectivity index (χ4n) is 2.34. The third kappa shape index (κ3) is 3.42. The summed E-state index contributed by atoms with van der Waals surface area (Å²) in [6.45, 7) is 4.22. The Balaban J connectivity index is 2.01. The van der Waals surface area contributed by atoms with Gasteiger partial charge in [-0.1, -0.05) is 19.9 Å². The topological polar surface area (TPSA) is 78.2 Å². The number of hydrogen-bond acceptors (Lipinski definition) is 4. The number of rotatable bonds is 4. The Morgan fingerprint density at radius 1 is 1.43 bits per heavy atom. The number of carbonyl (C=O) groups excluding carboxylic acids is 1. The normalized spacial score (nSPS) is 15.6. The summed E-state index contributed by atoms with van der Waals surface area (Å²) in [7, 11) is -3.13. The van der Waals surface area contributed by atoms with Crippen LogP contribution in [-0.4, -0.2) is 43.3 Å². The minimum absolute atomic E-state index is 0.0899. The van der Waals surface area contributed by atoms with Gasteiger partial charge in [0.1, 0.15) is 0 Å². The molecule has 0 spiro atoms. The molecule has 0 atom stereocenters. The Bertz CT molecular complexity index is 683. The monoisotopic (exact) mass is 306 g/mol. The van der Waals surface area contributed by atoms with Crippen molar-refractivity contribution in [3.05, 3.63) is 35.4 Å². The van der Waals surface area contributed by atoms with Gasteiger partial charge in [0.2, 0.25) is 0 Å². The van der Waals surface area contributed by atoms with Gasteiger partial charge in [0, 0.05) is 18.7 Å². The van der Waals surface area contributed by atoms with Crippen LogP contribution in [-0.2, 0) is 9.84 Å². The van der Waals surface area contributed by atoms with Crippen LogP contribution in [0.5, 0.6) is 0 Å². The van der Waals surface area contributed by atoms with Gasteiger partial charge in [-0.05, 0) is 24.1 Å². The number of likely N-dealkylation sites (tertiary alicyclic amines) is 1. The van der Waals surface area contributed by atoms with Gasteiger partial charge in [0.05, 0.1) is 22.6 Å². The van der Waals surface area contributed by atoms with Crippen LogP contribution in [0.1, 0.15) is 29.8 Å². The second-order valence-corrected chi connectivity index (χ2v) is 8.07. The molecule has 0 saturated carbocycles. The summed E-state index contributed by atoms with van der Waals surface area (Å²) in [6, 6.07) is 8.43. The highest BCUT2D eigenvalue weighted by molar-refractivity contribution is 7.92. The van der Waals surface area contributed by atoms with Crippen LogP contribution in [0.2, 0.25) is 0 Å². The van der Waals surface area contributed by atoms with Crippen molar-refractivity contribution in [1.82, 2.24) is 4.90 Å². The maximum absolute atomic E-state index is 12.2. The van der Waals surface area contributed by atoms with Crippen LogP contribution < -0.4 is 0 Å². The molecule has 1 saturated heterocycles. The van der Waals surface area contributed by atoms with Crippen LogP contribution in [0.4, 0.5) is 0 Å². The number of benzene rings is 1. The minimum Gasteiger partial charge on any atom is -0.336 e. The summed E-state index contributed by atoms with van der Waals surface area (Å²) in [4.78, 5) is 13.7. The van der Waals surface area contributed by atoms with Gasteiger partial charge in [-0.25, -0.2) is 8.42 Å². The summed E-state index contributed by atoms with van der Waals surface area (Å²) < 4.78 is 24.1. The third-order valence-corrected chi connectivity index (χ3v) is 5.89. The molecule has 1 fully saturated rings. The molecule has 0 bridgehead atoms. The van der Waals surface area contributed by atoms with Gasteiger partial charge in [-0.2, -0.15) is 5.26 Å². The summed E-state index contributed by atoms with van der Waals surface area (Å²) in [5.74, 6) is 0.0269. The molecule has 0 radical (unpaired) electrons. The smallest absolute Gasteiger partial charge is 0.253 e. The molecule has 2 rings (SSSR count). The van der Waals surface area contributed by atoms with Gasteiger partial charge in [0.15, 0.2) is 9.84 Å². The maximum Gasteiger partial charge on any atom is 0.253 e. The Hall–Kier alpha value is -1.87. The molecule has 0 aromatic heterocycles. The standard InChI is InChI=1S/C15H18N2O3S/c1-11(2)10-21(19,20)14-8-17(9-14)15(18)13-5-3-4-12(6-13)7-16/h3-6,11,14H,8-10H2,1-2H3. The van der Waals surface area contributed by atoms with E-state index in [-0.39, 0.29) is 30.7 Å². The first-order valence-electron chi connectivity index (χ1n) is 6.84. The van der Waals surface area contributed by atoms with Crippen molar-refractivity contribution in [2.75, 3.05) is 18.8 Å². The molecular weight excluding hydrogens is 288 g/mol. The summed E-state index contributed by atoms with van der Waals surface area (Å²) in [6.07, 6.45) is 0. The maximum atomic E-state index is 12.2. The lowest BCUT2D eigenvalue weighted by molar-refractivity contribution is 0.0659. The molecule has 1 aromatic carbocycles. The van der Waals surface area contributed by atoms with E-state index < -0.39 is 15.1 Å². The lowest BCUT2D eigenvalue weighted by atomic mass is 10.1. The van der Waals surface area contributed by atoms with Crippen LogP contribution in [0, 0.1) is 17.2 Å². The van der Waals surface area contributed by atoms with Gasteiger partial charge in [-0.15, -0.1) is 0 Å². The van der Waals surface area contributed by atoms with Crippen molar-refractivity contribution in [2.45, 2.75) is 19.1 Å². The highest BCUT2D eigenvalue weighted by Gasteiger charge is 2.39. The largest absolute Gasteiger partial charge is 0.336 e. The first-order chi connectivity index (χ1) is 9.83. The van der Waals surface area contributed by atoms with Crippen molar-refractivity contribution in [2.24, 2.45) is 5.92 Å². The zero-order valence-corrected chi connectivity index (χ0v) is 12.9. The van der Waals surface area contributed by atoms with Gasteiger partial charge < -0.3 is 4.90 Å². The zero-order valence-electron chi connectivity index (χ0n) is 12.1. The van der Waals surface area contributed by atoms with Crippen molar-refractivity contribution < 1.29 is 13.2 Å². The zero-order chi connectivity index (χ0) is 15.6. The second-order valence-electron chi connectivity index (χ2n) is 5.75. The molecule has 1 aliphatic rings. The third-order valence-electron chi connectivity index (χ3n) is 3.45. The number of amides is 1. The Kier molecular flexibility index (Phi) is 4.33. The predicted molar refractivity (Wildman–Crippen MR) is 79.5 cm³/mol. The van der Waals surface area contributed by atoms with Crippen molar-refractivity contribution >= 4 is 15.7 Å². The Morgan fingerprint density at radius 3 is 2.67 bits per heavy atom. The fraction of sp³-hybridized carbons (Fsp3) is 0.467. The first-order valence-corrected chi connectivity index (χ1v) is 8.56. The highest BCUT2D eigenvalue weighted by atomic mass is 32.2. The van der Waals surface area contributed by atoms with E-state index in [1.807, 2.05) is 19.9 Å². The molecule has 1 aliphatic heterocycles. The SMILES string of the molecule is CC(C)CS(=O)(=O)C1CN(C(=O)c2cccc(C#N)c2)C1. The Morgan fingerprint density at radius 2 is 2.10 bits per heavy atom. The van der Waals surface area contributed by atoms with Crippen molar-refractivity contribution in [3.63, 3.8) is 0 Å². The predicted octanol–water partition coefficient (Wildman–Crippen LogP) is 1.45. The van der Waals surface area contributed by atoms with E-state index in [1.165, 1.54) is 11.0 Å². The van der Waals surface area contributed by atoms with E-state index in [0.717, 1.165) is 0 Å². The number of hydrogen-bond donors (Lipinski definition) is 0. The first kappa shape index (κ1) is 15.5. The molecule has 1 aromatic rings. The lowest BCUT2D eigenvalue weighted by Gasteiger charge is -2.39. The summed E-state index contributed by atoms with van der Waals surface area (Å²) in [5.41, 5.74) is 0.846. The van der Waals surface area contributed by atoms with Gasteiger partial charge in [-0.3, -0.25) is 4.79 Å². The minimum atomic E-state index is -3.13. The van der Waals surface area contributed by atoms with Gasteiger partial charge >= 0.3 is 0 Å². The van der Waals surface area contributed by atoms with E-state index in [4.69, 9.17) is 5.26 Å². The molecule has 0 unspecified atom stereocenters. The average Bonchev–Trinajstić information content (AvgIpc) is 2.35. The van der Waals surface area contributed by atoms with Crippen molar-refractivity contribution in [3.8, 4) is 6.07 Å². The molecule has 1 heterocycles. The summed E-state index contributed by atoms with van der Waals surface area (Å²) >= 11 is 0. The van der Waals surface area contributed by atoms with Crippen molar-refractivity contribution in [1.29, 1.82) is 5.26 Å². The number of nitriles is 1. The summed E-state index contributed by atoms with van der Waals surface area (Å²) in [5, 5.41) is 8.38. The van der Waals surface area contributed by atoms with Crippen LogP contribution in [0.25, 0.3) is 0 Å². The molecule has 112 valence electrons. The number of sulfone groups is 1. The van der Waals surface area contributed by atoms with Gasteiger partial charge in [0.25, 0.3) is 5.91 Å². The second kappa shape index (κ2) is 5.86. The molecule has 1 amide bonds. The molecule has 0 aliphatic carbocycles. The van der Waals surface area contributed by atoms with E-state index in [1.54, 1.807) is 18.2 Å². The Labute approximate surface area is 125 Å². The van der Waals surface area contributed by atoms with E-state index in [2.05, 4.69) is 0 Å². The fourth-order valence-corrected chi connectivity index (χ4v) is 4.35. The quantitative estimate of drug-likeness (QED) is 0.843. The molecule has 21 heavy (non-hydrogen) atoms. The average molecular weight is 306 g/mol. The molecular formula is C15H18N2O3S. The molecule has 5 nitrogen and oxygen atoms in total. The number of carbonyl (C=O) groups is 1. The van der Waals surface area contributed by atoms with Crippen LogP contribution in [0.15, 0.2) is 24.3 Å². The molecule has 0 N–H and O–H groups in total.